The van der Waals surface area contributed by atoms with Gasteiger partial charge in [-0.15, -0.1) is 10.2 Å². The molecule has 0 saturated heterocycles. The smallest absolute Gasteiger partial charge is 0.230 e. The summed E-state index contributed by atoms with van der Waals surface area (Å²) in [6, 6.07) is 3.86. The van der Waals surface area contributed by atoms with Crippen LogP contribution >= 0.6 is 11.8 Å². The van der Waals surface area contributed by atoms with E-state index in [1.165, 1.54) is 17.3 Å². The van der Waals surface area contributed by atoms with Crippen molar-refractivity contribution in [2.24, 2.45) is 0 Å². The fourth-order valence-electron chi connectivity index (χ4n) is 2.91. The van der Waals surface area contributed by atoms with E-state index in [4.69, 9.17) is 0 Å². The zero-order chi connectivity index (χ0) is 18.9. The molecule has 0 aliphatic heterocycles. The van der Waals surface area contributed by atoms with Gasteiger partial charge in [-0.25, -0.2) is 0 Å². The van der Waals surface area contributed by atoms with Crippen molar-refractivity contribution in [3.63, 3.8) is 0 Å². The van der Waals surface area contributed by atoms with Crippen LogP contribution in [0.25, 0.3) is 11.4 Å². The second-order valence-corrected chi connectivity index (χ2v) is 7.29. The van der Waals surface area contributed by atoms with Crippen LogP contribution in [-0.2, 0) is 11.3 Å². The molecule has 0 unspecified atom stereocenters. The van der Waals surface area contributed by atoms with E-state index in [9.17, 15) is 4.79 Å². The Morgan fingerprint density at radius 1 is 1.33 bits per heavy atom. The van der Waals surface area contributed by atoms with Crippen LogP contribution in [0.4, 0.5) is 0 Å². The van der Waals surface area contributed by atoms with Crippen LogP contribution in [0, 0.1) is 0 Å². The molecule has 2 aromatic rings. The van der Waals surface area contributed by atoms with E-state index in [2.05, 4.69) is 50.2 Å². The van der Waals surface area contributed by atoms with E-state index in [0.717, 1.165) is 48.8 Å². The molecule has 1 N–H and O–H groups in total. The highest BCUT2D eigenvalue weighted by Gasteiger charge is 2.15. The van der Waals surface area contributed by atoms with Gasteiger partial charge in [0.1, 0.15) is 0 Å². The van der Waals surface area contributed by atoms with Crippen molar-refractivity contribution < 1.29 is 4.79 Å². The predicted molar refractivity (Wildman–Crippen MR) is 108 cm³/mol. The molecule has 142 valence electrons. The molecule has 3 rings (SSSR count). The van der Waals surface area contributed by atoms with Crippen molar-refractivity contribution in [3.8, 4) is 11.4 Å². The molecule has 27 heavy (non-hydrogen) atoms. The second kappa shape index (κ2) is 10.1. The van der Waals surface area contributed by atoms with Gasteiger partial charge in [0.25, 0.3) is 0 Å². The SMILES string of the molecule is CCCn1c(SCC(=O)NCCC2=CCCC=C2)nnc1-c1cccnc1. The van der Waals surface area contributed by atoms with E-state index in [1.807, 2.05) is 12.1 Å². The molecule has 1 amide bonds. The molecule has 1 aliphatic rings. The zero-order valence-corrected chi connectivity index (χ0v) is 16.4. The predicted octanol–water partition coefficient (Wildman–Crippen LogP) is 3.62. The Balaban J connectivity index is 1.54. The molecule has 0 radical (unpaired) electrons. The lowest BCUT2D eigenvalue weighted by molar-refractivity contribution is -0.118. The minimum Gasteiger partial charge on any atom is -0.355 e. The molecule has 2 heterocycles. The molecule has 6 nitrogen and oxygen atoms in total. The third kappa shape index (κ3) is 5.53. The second-order valence-electron chi connectivity index (χ2n) is 6.35. The zero-order valence-electron chi connectivity index (χ0n) is 15.6. The largest absolute Gasteiger partial charge is 0.355 e. The minimum absolute atomic E-state index is 0.0226. The Labute approximate surface area is 164 Å². The molecule has 0 atom stereocenters. The summed E-state index contributed by atoms with van der Waals surface area (Å²) in [6.45, 7) is 3.59. The summed E-state index contributed by atoms with van der Waals surface area (Å²) >= 11 is 1.42. The molecule has 0 saturated carbocycles. The van der Waals surface area contributed by atoms with Gasteiger partial charge in [0.05, 0.1) is 5.75 Å². The third-order valence-electron chi connectivity index (χ3n) is 4.22. The Morgan fingerprint density at radius 2 is 2.26 bits per heavy atom. The molecule has 2 aromatic heterocycles. The first-order valence-corrected chi connectivity index (χ1v) is 10.3. The summed E-state index contributed by atoms with van der Waals surface area (Å²) in [5.74, 6) is 1.15. The monoisotopic (exact) mass is 383 g/mol. The fraction of sp³-hybridized carbons (Fsp3) is 0.400. The molecule has 0 fully saturated rings. The molecule has 1 aliphatic carbocycles. The van der Waals surface area contributed by atoms with Gasteiger partial charge in [-0.3, -0.25) is 9.78 Å². The van der Waals surface area contributed by atoms with E-state index in [-0.39, 0.29) is 5.91 Å². The number of pyridine rings is 1. The number of aromatic nitrogens is 4. The van der Waals surface area contributed by atoms with Crippen molar-refractivity contribution in [2.75, 3.05) is 12.3 Å². The number of amides is 1. The molecular formula is C20H25N5OS. The summed E-state index contributed by atoms with van der Waals surface area (Å²) in [7, 11) is 0. The number of nitrogens with zero attached hydrogens (tertiary/aromatic N) is 4. The van der Waals surface area contributed by atoms with Crippen LogP contribution in [0.3, 0.4) is 0 Å². The first kappa shape index (κ1) is 19.4. The fourth-order valence-corrected chi connectivity index (χ4v) is 3.70. The van der Waals surface area contributed by atoms with Gasteiger partial charge in [0.2, 0.25) is 5.91 Å². The topological polar surface area (TPSA) is 72.7 Å². The van der Waals surface area contributed by atoms with Gasteiger partial charge in [-0.1, -0.05) is 42.5 Å². The highest BCUT2D eigenvalue weighted by molar-refractivity contribution is 7.99. The molecule has 7 heteroatoms. The normalized spacial score (nSPS) is 13.4. The van der Waals surface area contributed by atoms with Gasteiger partial charge in [0, 0.05) is 31.0 Å². The lowest BCUT2D eigenvalue weighted by atomic mass is 10.0. The lowest BCUT2D eigenvalue weighted by Gasteiger charge is -2.10. The van der Waals surface area contributed by atoms with Gasteiger partial charge >= 0.3 is 0 Å². The molecule has 0 aromatic carbocycles. The van der Waals surface area contributed by atoms with Crippen LogP contribution in [-0.4, -0.2) is 38.0 Å². The summed E-state index contributed by atoms with van der Waals surface area (Å²) in [5.41, 5.74) is 2.24. The van der Waals surface area contributed by atoms with Crippen molar-refractivity contribution in [3.05, 3.63) is 48.3 Å². The van der Waals surface area contributed by atoms with Crippen LogP contribution in [0.2, 0.25) is 0 Å². The number of rotatable bonds is 9. The van der Waals surface area contributed by atoms with Crippen molar-refractivity contribution in [2.45, 2.75) is 44.3 Å². The summed E-state index contributed by atoms with van der Waals surface area (Å²) in [5, 5.41) is 12.4. The first-order chi connectivity index (χ1) is 13.3. The number of carbonyl (C=O) groups excluding carboxylic acids is 1. The maximum Gasteiger partial charge on any atom is 0.230 e. The first-order valence-electron chi connectivity index (χ1n) is 9.36. The summed E-state index contributed by atoms with van der Waals surface area (Å²) in [6.07, 6.45) is 14.2. The Morgan fingerprint density at radius 3 is 3.00 bits per heavy atom. The maximum absolute atomic E-state index is 12.2. The summed E-state index contributed by atoms with van der Waals surface area (Å²) in [4.78, 5) is 16.3. The van der Waals surface area contributed by atoms with Gasteiger partial charge in [-0.05, 0) is 37.8 Å². The number of nitrogens with one attached hydrogen (secondary N) is 1. The molecular weight excluding hydrogens is 358 g/mol. The number of thioether (sulfide) groups is 1. The van der Waals surface area contributed by atoms with E-state index in [1.54, 1.807) is 12.4 Å². The quantitative estimate of drug-likeness (QED) is 0.670. The van der Waals surface area contributed by atoms with Crippen LogP contribution in [0.15, 0.2) is 53.5 Å². The van der Waals surface area contributed by atoms with Crippen LogP contribution < -0.4 is 5.32 Å². The lowest BCUT2D eigenvalue weighted by Crippen LogP contribution is -2.26. The average Bonchev–Trinajstić information content (AvgIpc) is 3.11. The van der Waals surface area contributed by atoms with Gasteiger partial charge in [0.15, 0.2) is 11.0 Å². The van der Waals surface area contributed by atoms with Crippen molar-refractivity contribution in [1.29, 1.82) is 0 Å². The Bertz CT molecular complexity index is 813. The Kier molecular flexibility index (Phi) is 7.21. The number of allylic oxidation sites excluding steroid dienone is 3. The maximum atomic E-state index is 12.2. The van der Waals surface area contributed by atoms with Crippen molar-refractivity contribution >= 4 is 17.7 Å². The number of hydrogen-bond donors (Lipinski definition) is 1. The van der Waals surface area contributed by atoms with Gasteiger partial charge < -0.3 is 9.88 Å². The van der Waals surface area contributed by atoms with E-state index >= 15 is 0 Å². The molecule has 0 spiro atoms. The summed E-state index contributed by atoms with van der Waals surface area (Å²) < 4.78 is 2.06. The Hall–Kier alpha value is -2.41. The van der Waals surface area contributed by atoms with Gasteiger partial charge in [-0.2, -0.15) is 0 Å². The minimum atomic E-state index is 0.0226. The van der Waals surface area contributed by atoms with Crippen LogP contribution in [0.1, 0.15) is 32.6 Å². The standard InChI is InChI=1S/C20H25N5OS/c1-2-13-25-19(17-9-6-11-21-14-17)23-24-20(25)27-15-18(26)22-12-10-16-7-4-3-5-8-16/h4,6-9,11,14H,2-3,5,10,12-13,15H2,1H3,(H,22,26). The average molecular weight is 384 g/mol. The van der Waals surface area contributed by atoms with E-state index in [0.29, 0.717) is 12.3 Å². The highest BCUT2D eigenvalue weighted by Crippen LogP contribution is 2.23. The third-order valence-corrected chi connectivity index (χ3v) is 5.19. The van der Waals surface area contributed by atoms with Crippen LogP contribution in [0.5, 0.6) is 0 Å². The number of carbonyl (C=O) groups is 1. The highest BCUT2D eigenvalue weighted by atomic mass is 32.2. The van der Waals surface area contributed by atoms with E-state index < -0.39 is 0 Å². The number of hydrogen-bond acceptors (Lipinski definition) is 5. The van der Waals surface area contributed by atoms with Crippen molar-refractivity contribution in [1.82, 2.24) is 25.1 Å². The molecule has 0 bridgehead atoms.